The van der Waals surface area contributed by atoms with Crippen molar-refractivity contribution in [3.05, 3.63) is 35.9 Å². The summed E-state index contributed by atoms with van der Waals surface area (Å²) in [6.45, 7) is 2.61. The average Bonchev–Trinajstić information content (AvgIpc) is 2.67. The van der Waals surface area contributed by atoms with Crippen molar-refractivity contribution >= 4 is 17.7 Å². The minimum absolute atomic E-state index is 0.0360. The van der Waals surface area contributed by atoms with Gasteiger partial charge in [-0.2, -0.15) is 0 Å². The number of hydrogen-bond donors (Lipinski definition) is 2. The summed E-state index contributed by atoms with van der Waals surface area (Å²) in [5.41, 5.74) is 1.12. The van der Waals surface area contributed by atoms with Crippen molar-refractivity contribution in [3.8, 4) is 0 Å². The van der Waals surface area contributed by atoms with Crippen LogP contribution in [0, 0.1) is 0 Å². The first-order valence-corrected chi connectivity index (χ1v) is 10.2. The zero-order chi connectivity index (χ0) is 20.8. The lowest BCUT2D eigenvalue weighted by atomic mass is 10.1. The summed E-state index contributed by atoms with van der Waals surface area (Å²) in [6.07, 6.45) is 6.30. The van der Waals surface area contributed by atoms with Crippen molar-refractivity contribution in [2.45, 2.75) is 64.3 Å². The van der Waals surface area contributed by atoms with Gasteiger partial charge in [0.05, 0.1) is 6.42 Å². The van der Waals surface area contributed by atoms with Crippen molar-refractivity contribution in [2.24, 2.45) is 0 Å². The fraction of sp³-hybridized carbons (Fsp3) is 0.591. The molecule has 0 spiro atoms. The standard InChI is InChI=1S/C22H35N3O3/c1-4-5-6-7-11-14-20(26)24-19(17-21(27)25(2)3)22(28)23-16-15-18-12-9-8-10-13-18/h8-10,12-13,19H,4-7,11,14-17H2,1-3H3,(H,23,28)(H,24,26)/t19-/m1/s1. The van der Waals surface area contributed by atoms with Crippen molar-refractivity contribution < 1.29 is 14.4 Å². The Morgan fingerprint density at radius 2 is 1.68 bits per heavy atom. The summed E-state index contributed by atoms with van der Waals surface area (Å²) in [5, 5.41) is 5.58. The number of carbonyl (C=O) groups is 3. The molecule has 0 bridgehead atoms. The van der Waals surface area contributed by atoms with Gasteiger partial charge in [-0.1, -0.05) is 62.9 Å². The molecule has 0 aromatic heterocycles. The molecule has 0 fully saturated rings. The molecule has 6 nitrogen and oxygen atoms in total. The molecule has 0 heterocycles. The van der Waals surface area contributed by atoms with Gasteiger partial charge >= 0.3 is 0 Å². The third-order valence-electron chi connectivity index (χ3n) is 4.59. The van der Waals surface area contributed by atoms with Crippen LogP contribution in [0.1, 0.15) is 57.4 Å². The maximum atomic E-state index is 12.5. The Hall–Kier alpha value is -2.37. The maximum absolute atomic E-state index is 12.5. The summed E-state index contributed by atoms with van der Waals surface area (Å²) in [5.74, 6) is -0.678. The van der Waals surface area contributed by atoms with E-state index < -0.39 is 6.04 Å². The molecule has 0 aliphatic carbocycles. The smallest absolute Gasteiger partial charge is 0.243 e. The molecule has 2 N–H and O–H groups in total. The van der Waals surface area contributed by atoms with Gasteiger partial charge in [0, 0.05) is 27.1 Å². The number of amides is 3. The quantitative estimate of drug-likeness (QED) is 0.509. The largest absolute Gasteiger partial charge is 0.354 e. The molecular weight excluding hydrogens is 354 g/mol. The van der Waals surface area contributed by atoms with E-state index in [-0.39, 0.29) is 24.1 Å². The van der Waals surface area contributed by atoms with Crippen LogP contribution in [-0.4, -0.2) is 49.3 Å². The van der Waals surface area contributed by atoms with Crippen LogP contribution in [0.3, 0.4) is 0 Å². The first kappa shape index (κ1) is 23.7. The number of rotatable bonds is 13. The summed E-state index contributed by atoms with van der Waals surface area (Å²) in [4.78, 5) is 38.3. The van der Waals surface area contributed by atoms with Crippen LogP contribution < -0.4 is 10.6 Å². The molecule has 28 heavy (non-hydrogen) atoms. The summed E-state index contributed by atoms with van der Waals surface area (Å²) >= 11 is 0. The number of nitrogens with one attached hydrogen (secondary N) is 2. The normalized spacial score (nSPS) is 11.5. The number of unbranched alkanes of at least 4 members (excludes halogenated alkanes) is 4. The summed E-state index contributed by atoms with van der Waals surface area (Å²) in [7, 11) is 3.28. The predicted octanol–water partition coefficient (Wildman–Crippen LogP) is 2.67. The second-order valence-corrected chi connectivity index (χ2v) is 7.30. The highest BCUT2D eigenvalue weighted by Gasteiger charge is 2.24. The molecular formula is C22H35N3O3. The Morgan fingerprint density at radius 3 is 2.32 bits per heavy atom. The van der Waals surface area contributed by atoms with Gasteiger partial charge in [0.15, 0.2) is 0 Å². The monoisotopic (exact) mass is 389 g/mol. The Bertz CT molecular complexity index is 602. The minimum atomic E-state index is -0.839. The van der Waals surface area contributed by atoms with Gasteiger partial charge in [-0.15, -0.1) is 0 Å². The highest BCUT2D eigenvalue weighted by Crippen LogP contribution is 2.06. The third-order valence-corrected chi connectivity index (χ3v) is 4.59. The molecule has 1 aromatic rings. The Balaban J connectivity index is 2.51. The first-order chi connectivity index (χ1) is 13.4. The molecule has 0 radical (unpaired) electrons. The van der Waals surface area contributed by atoms with Gasteiger partial charge in [0.25, 0.3) is 0 Å². The van der Waals surface area contributed by atoms with Crippen LogP contribution in [0.25, 0.3) is 0 Å². The highest BCUT2D eigenvalue weighted by atomic mass is 16.2. The van der Waals surface area contributed by atoms with Crippen molar-refractivity contribution in [1.29, 1.82) is 0 Å². The topological polar surface area (TPSA) is 78.5 Å². The molecule has 0 aliphatic heterocycles. The molecule has 1 rings (SSSR count). The second-order valence-electron chi connectivity index (χ2n) is 7.30. The van der Waals surface area contributed by atoms with Crippen LogP contribution in [0.5, 0.6) is 0 Å². The Morgan fingerprint density at radius 1 is 1.00 bits per heavy atom. The van der Waals surface area contributed by atoms with Crippen LogP contribution in [-0.2, 0) is 20.8 Å². The lowest BCUT2D eigenvalue weighted by molar-refractivity contribution is -0.134. The van der Waals surface area contributed by atoms with Gasteiger partial charge in [0.1, 0.15) is 6.04 Å². The fourth-order valence-electron chi connectivity index (χ4n) is 2.82. The Labute approximate surface area is 169 Å². The number of hydrogen-bond acceptors (Lipinski definition) is 3. The van der Waals surface area contributed by atoms with E-state index in [1.165, 1.54) is 11.3 Å². The van der Waals surface area contributed by atoms with E-state index in [2.05, 4.69) is 17.6 Å². The summed E-state index contributed by atoms with van der Waals surface area (Å²) < 4.78 is 0. The molecule has 0 saturated heterocycles. The highest BCUT2D eigenvalue weighted by molar-refractivity contribution is 5.91. The van der Waals surface area contributed by atoms with Gasteiger partial charge in [-0.3, -0.25) is 14.4 Å². The predicted molar refractivity (Wildman–Crippen MR) is 112 cm³/mol. The Kier molecular flexibility index (Phi) is 11.6. The molecule has 1 aromatic carbocycles. The van der Waals surface area contributed by atoms with E-state index in [0.717, 1.165) is 31.2 Å². The van der Waals surface area contributed by atoms with Crippen LogP contribution in [0.15, 0.2) is 30.3 Å². The first-order valence-electron chi connectivity index (χ1n) is 10.2. The lowest BCUT2D eigenvalue weighted by Crippen LogP contribution is -2.49. The number of nitrogens with zero attached hydrogens (tertiary/aromatic N) is 1. The van der Waals surface area contributed by atoms with E-state index in [1.807, 2.05) is 30.3 Å². The van der Waals surface area contributed by atoms with Gasteiger partial charge < -0.3 is 15.5 Å². The lowest BCUT2D eigenvalue weighted by Gasteiger charge is -2.20. The van der Waals surface area contributed by atoms with Gasteiger partial charge in [0.2, 0.25) is 17.7 Å². The van der Waals surface area contributed by atoms with Crippen molar-refractivity contribution in [2.75, 3.05) is 20.6 Å². The molecule has 3 amide bonds. The molecule has 0 unspecified atom stereocenters. The van der Waals surface area contributed by atoms with Crippen molar-refractivity contribution in [3.63, 3.8) is 0 Å². The molecule has 6 heteroatoms. The van der Waals surface area contributed by atoms with Gasteiger partial charge in [-0.25, -0.2) is 0 Å². The van der Waals surface area contributed by atoms with Crippen LogP contribution >= 0.6 is 0 Å². The van der Waals surface area contributed by atoms with Crippen molar-refractivity contribution in [1.82, 2.24) is 15.5 Å². The van der Waals surface area contributed by atoms with Crippen LogP contribution in [0.2, 0.25) is 0 Å². The van der Waals surface area contributed by atoms with E-state index in [1.54, 1.807) is 14.1 Å². The van der Waals surface area contributed by atoms with Crippen LogP contribution in [0.4, 0.5) is 0 Å². The fourth-order valence-corrected chi connectivity index (χ4v) is 2.82. The zero-order valence-corrected chi connectivity index (χ0v) is 17.5. The second kappa shape index (κ2) is 13.7. The molecule has 156 valence electrons. The van der Waals surface area contributed by atoms with E-state index in [0.29, 0.717) is 19.4 Å². The SMILES string of the molecule is CCCCCCCC(=O)N[C@H](CC(=O)N(C)C)C(=O)NCCc1ccccc1. The third kappa shape index (κ3) is 10.1. The molecule has 0 saturated carbocycles. The minimum Gasteiger partial charge on any atom is -0.354 e. The number of carbonyl (C=O) groups excluding carboxylic acids is 3. The average molecular weight is 390 g/mol. The van der Waals surface area contributed by atoms with E-state index >= 15 is 0 Å². The van der Waals surface area contributed by atoms with Gasteiger partial charge in [-0.05, 0) is 18.4 Å². The van der Waals surface area contributed by atoms with E-state index in [4.69, 9.17) is 0 Å². The summed E-state index contributed by atoms with van der Waals surface area (Å²) in [6, 6.07) is 9.02. The maximum Gasteiger partial charge on any atom is 0.243 e. The van der Waals surface area contributed by atoms with E-state index in [9.17, 15) is 14.4 Å². The molecule has 1 atom stereocenters. The molecule has 0 aliphatic rings. The zero-order valence-electron chi connectivity index (χ0n) is 17.5. The number of benzene rings is 1.